The van der Waals surface area contributed by atoms with Crippen molar-refractivity contribution in [2.24, 2.45) is 0 Å². The number of aliphatic hydroxyl groups is 1. The summed E-state index contributed by atoms with van der Waals surface area (Å²) in [6.45, 7) is 6.62. The van der Waals surface area contributed by atoms with Crippen LogP contribution < -0.4 is 4.74 Å². The molecule has 0 aromatic heterocycles. The number of carboxylic acids is 1. The Morgan fingerprint density at radius 2 is 2.00 bits per heavy atom. The Morgan fingerprint density at radius 1 is 1.30 bits per heavy atom. The molecule has 0 aliphatic heterocycles. The van der Waals surface area contributed by atoms with Crippen LogP contribution in [0.2, 0.25) is 0 Å². The number of likely N-dealkylation sites (N-methyl/N-ethyl adjacent to an activating group) is 1. The third-order valence-corrected chi connectivity index (χ3v) is 5.33. The van der Waals surface area contributed by atoms with Crippen molar-refractivity contribution in [3.63, 3.8) is 0 Å². The first kappa shape index (κ1) is 21.7. The van der Waals surface area contributed by atoms with Crippen LogP contribution in [0.3, 0.4) is 0 Å². The Balaban J connectivity index is 2.24. The fraction of sp³-hybridized carbons (Fsp3) is 0.667. The smallest absolute Gasteiger partial charge is 0.341 e. The van der Waals surface area contributed by atoms with Crippen LogP contribution in [0.5, 0.6) is 5.75 Å². The number of carboxylic acid groups (broad SMARTS) is 1. The summed E-state index contributed by atoms with van der Waals surface area (Å²) in [6, 6.07) is 5.91. The number of ether oxygens (including phenoxy) is 2. The van der Waals surface area contributed by atoms with Gasteiger partial charge < -0.3 is 19.7 Å². The molecule has 1 fully saturated rings. The highest BCUT2D eigenvalue weighted by molar-refractivity contribution is 5.68. The summed E-state index contributed by atoms with van der Waals surface area (Å²) in [5.41, 5.74) is 2.06. The molecule has 1 aromatic carbocycles. The van der Waals surface area contributed by atoms with Gasteiger partial charge in [0.05, 0.1) is 12.2 Å². The minimum atomic E-state index is -1.00. The van der Waals surface area contributed by atoms with Crippen molar-refractivity contribution in [1.29, 1.82) is 0 Å². The Kier molecular flexibility index (Phi) is 7.25. The molecular weight excluding hydrogens is 346 g/mol. The van der Waals surface area contributed by atoms with Gasteiger partial charge >= 0.3 is 5.97 Å². The van der Waals surface area contributed by atoms with Crippen LogP contribution >= 0.6 is 0 Å². The predicted octanol–water partition coefficient (Wildman–Crippen LogP) is 2.81. The number of aliphatic hydroxyl groups excluding tert-OH is 1. The van der Waals surface area contributed by atoms with E-state index < -0.39 is 12.1 Å². The first-order valence-corrected chi connectivity index (χ1v) is 9.52. The van der Waals surface area contributed by atoms with E-state index in [1.165, 1.54) is 0 Å². The zero-order chi connectivity index (χ0) is 20.2. The molecule has 3 atom stereocenters. The number of hydrogen-bond acceptors (Lipinski definition) is 5. The first-order chi connectivity index (χ1) is 12.6. The Hall–Kier alpha value is -1.63. The highest BCUT2D eigenvalue weighted by Gasteiger charge is 2.34. The maximum Gasteiger partial charge on any atom is 0.341 e. The number of rotatable bonds is 7. The minimum Gasteiger partial charge on any atom is -0.482 e. The molecule has 1 aromatic rings. The third kappa shape index (κ3) is 5.67. The van der Waals surface area contributed by atoms with Crippen LogP contribution in [0.15, 0.2) is 18.2 Å². The van der Waals surface area contributed by atoms with Crippen molar-refractivity contribution < 1.29 is 24.5 Å². The zero-order valence-corrected chi connectivity index (χ0v) is 17.1. The highest BCUT2D eigenvalue weighted by Crippen LogP contribution is 2.31. The average Bonchev–Trinajstić information content (AvgIpc) is 2.59. The Morgan fingerprint density at radius 3 is 2.59 bits per heavy atom. The van der Waals surface area contributed by atoms with Gasteiger partial charge in [-0.3, -0.25) is 4.90 Å². The van der Waals surface area contributed by atoms with E-state index in [4.69, 9.17) is 14.6 Å². The van der Waals surface area contributed by atoms with E-state index in [9.17, 15) is 9.90 Å². The molecule has 0 heterocycles. The second-order valence-electron chi connectivity index (χ2n) is 8.43. The van der Waals surface area contributed by atoms with Gasteiger partial charge in [-0.2, -0.15) is 0 Å². The molecule has 0 radical (unpaired) electrons. The van der Waals surface area contributed by atoms with Crippen LogP contribution in [0.4, 0.5) is 0 Å². The molecule has 0 bridgehead atoms. The van der Waals surface area contributed by atoms with Crippen LogP contribution in [0, 0.1) is 0 Å². The second kappa shape index (κ2) is 9.04. The number of nitrogens with zero attached hydrogens (tertiary/aromatic N) is 1. The van der Waals surface area contributed by atoms with Gasteiger partial charge in [0.1, 0.15) is 5.75 Å². The predicted molar refractivity (Wildman–Crippen MR) is 104 cm³/mol. The van der Waals surface area contributed by atoms with Crippen molar-refractivity contribution >= 4 is 5.97 Å². The number of hydrogen-bond donors (Lipinski definition) is 2. The second-order valence-corrected chi connectivity index (χ2v) is 8.43. The molecule has 27 heavy (non-hydrogen) atoms. The van der Waals surface area contributed by atoms with Crippen LogP contribution in [0.25, 0.3) is 0 Å². The highest BCUT2D eigenvalue weighted by atomic mass is 16.5. The van der Waals surface area contributed by atoms with E-state index in [1.807, 2.05) is 19.2 Å². The lowest BCUT2D eigenvalue weighted by Crippen LogP contribution is -2.50. The number of methoxy groups -OCH3 is 1. The van der Waals surface area contributed by atoms with Gasteiger partial charge in [-0.1, -0.05) is 32.9 Å². The van der Waals surface area contributed by atoms with E-state index in [0.29, 0.717) is 12.3 Å². The average molecular weight is 379 g/mol. The first-order valence-electron chi connectivity index (χ1n) is 9.52. The molecular formula is C21H33NO5. The topological polar surface area (TPSA) is 79.2 Å². The molecule has 1 aliphatic carbocycles. The summed E-state index contributed by atoms with van der Waals surface area (Å²) < 4.78 is 10.9. The monoisotopic (exact) mass is 379 g/mol. The fourth-order valence-corrected chi connectivity index (χ4v) is 3.69. The quantitative estimate of drug-likeness (QED) is 0.758. The van der Waals surface area contributed by atoms with Gasteiger partial charge in [0.25, 0.3) is 0 Å². The number of benzene rings is 1. The molecule has 2 N–H and O–H groups in total. The standard InChI is InChI=1S/C21H33NO5/c1-21(2,3)15-9-10-17(27-13-19(23)24)14(11-15)12-22(4)16-7-6-8-18(26-5)20(16)25/h9-11,16,18,20,25H,6-8,12-13H2,1-5H3,(H,23,24)/t16-,18-,20-/m1/s1. The Labute approximate surface area is 162 Å². The van der Waals surface area contributed by atoms with Gasteiger partial charge in [-0.05, 0) is 43.4 Å². The van der Waals surface area contributed by atoms with E-state index in [-0.39, 0.29) is 24.2 Å². The van der Waals surface area contributed by atoms with Crippen molar-refractivity contribution in [1.82, 2.24) is 4.90 Å². The summed E-state index contributed by atoms with van der Waals surface area (Å²) >= 11 is 0. The van der Waals surface area contributed by atoms with Gasteiger partial charge in [0.15, 0.2) is 6.61 Å². The molecule has 6 heteroatoms. The maximum atomic E-state index is 10.9. The van der Waals surface area contributed by atoms with E-state index in [1.54, 1.807) is 7.11 Å². The summed E-state index contributed by atoms with van der Waals surface area (Å²) in [6.07, 6.45) is 2.10. The number of aliphatic carboxylic acids is 1. The zero-order valence-electron chi connectivity index (χ0n) is 17.1. The lowest BCUT2D eigenvalue weighted by molar-refractivity contribution is -0.139. The summed E-state index contributed by atoms with van der Waals surface area (Å²) in [4.78, 5) is 13.0. The van der Waals surface area contributed by atoms with Crippen molar-refractivity contribution in [2.75, 3.05) is 20.8 Å². The van der Waals surface area contributed by atoms with Gasteiger partial charge in [0, 0.05) is 25.3 Å². The molecule has 1 aliphatic rings. The fourth-order valence-electron chi connectivity index (χ4n) is 3.69. The minimum absolute atomic E-state index is 0.00526. The maximum absolute atomic E-state index is 10.9. The largest absolute Gasteiger partial charge is 0.482 e. The molecule has 1 saturated carbocycles. The van der Waals surface area contributed by atoms with E-state index in [2.05, 4.69) is 31.7 Å². The van der Waals surface area contributed by atoms with Gasteiger partial charge in [-0.25, -0.2) is 4.79 Å². The molecule has 0 saturated heterocycles. The van der Waals surface area contributed by atoms with Crippen molar-refractivity contribution in [2.45, 2.75) is 70.2 Å². The van der Waals surface area contributed by atoms with E-state index in [0.717, 1.165) is 30.4 Å². The van der Waals surface area contributed by atoms with Crippen LogP contribution in [-0.4, -0.2) is 60.1 Å². The number of carbonyl (C=O) groups is 1. The lowest BCUT2D eigenvalue weighted by atomic mass is 9.85. The van der Waals surface area contributed by atoms with E-state index >= 15 is 0 Å². The van der Waals surface area contributed by atoms with Gasteiger partial charge in [-0.15, -0.1) is 0 Å². The molecule has 0 amide bonds. The molecule has 0 spiro atoms. The summed E-state index contributed by atoms with van der Waals surface area (Å²) in [5.74, 6) is -0.425. The normalized spacial score (nSPS) is 23.4. The van der Waals surface area contributed by atoms with Crippen LogP contribution in [0.1, 0.15) is 51.2 Å². The lowest BCUT2D eigenvalue weighted by Gasteiger charge is -2.39. The van der Waals surface area contributed by atoms with Gasteiger partial charge in [0.2, 0.25) is 0 Å². The molecule has 0 unspecified atom stereocenters. The third-order valence-electron chi connectivity index (χ3n) is 5.33. The van der Waals surface area contributed by atoms with Crippen molar-refractivity contribution in [3.05, 3.63) is 29.3 Å². The SMILES string of the molecule is CO[C@@H]1CCC[C@@H](N(C)Cc2cc(C(C)(C)C)ccc2OCC(=O)O)[C@H]1O. The molecule has 2 rings (SSSR count). The molecule has 6 nitrogen and oxygen atoms in total. The summed E-state index contributed by atoms with van der Waals surface area (Å²) in [7, 11) is 3.62. The Bertz CT molecular complexity index is 640. The summed E-state index contributed by atoms with van der Waals surface area (Å²) in [5, 5.41) is 19.6. The van der Waals surface area contributed by atoms with Crippen molar-refractivity contribution in [3.8, 4) is 5.75 Å². The molecule has 152 valence electrons. The van der Waals surface area contributed by atoms with Crippen LogP contribution in [-0.2, 0) is 21.5 Å².